The molecule has 1 aliphatic rings. The number of esters is 1. The predicted molar refractivity (Wildman–Crippen MR) is 163 cm³/mol. The summed E-state index contributed by atoms with van der Waals surface area (Å²) in [6, 6.07) is 8.58. The number of carbonyl (C=O) groups excluding carboxylic acids is 2. The normalized spacial score (nSPS) is 14.6. The van der Waals surface area contributed by atoms with Gasteiger partial charge in [-0.3, -0.25) is 13.8 Å². The Labute approximate surface area is 249 Å². The van der Waals surface area contributed by atoms with Crippen molar-refractivity contribution in [3.05, 3.63) is 83.7 Å². The number of hydrogen-bond donors (Lipinski definition) is 1. The minimum Gasteiger partial charge on any atom is -0.466 e. The van der Waals surface area contributed by atoms with Gasteiger partial charge in [0.1, 0.15) is 5.82 Å². The zero-order valence-corrected chi connectivity index (χ0v) is 25.6. The highest BCUT2D eigenvalue weighted by Crippen LogP contribution is 2.45. The first-order valence-corrected chi connectivity index (χ1v) is 16.3. The lowest BCUT2D eigenvalue weighted by Crippen LogP contribution is -2.40. The minimum atomic E-state index is -3.98. The standard InChI is InChI=1S/C33H42FNO6S/c1-6-9-10-11-15-24-16-12-14-22(4)31(24)25-19-26(23-17-18-23)32(34)27(20-25)28(21-30(36)40-8-3)35-33(37)29(13-7-2)41-42(5,38)39/h6-7,12,14,16,19-20,23,28-29H,1-2,8-11,13,15,17-18,21H2,3-5H3,(H,35,37)/t28-,29+/m0/s1. The number of hydrogen-bond acceptors (Lipinski definition) is 6. The molecule has 0 heterocycles. The highest BCUT2D eigenvalue weighted by molar-refractivity contribution is 7.86. The molecule has 2 aromatic rings. The lowest BCUT2D eigenvalue weighted by Gasteiger charge is -2.24. The number of carbonyl (C=O) groups is 2. The molecule has 0 spiro atoms. The zero-order valence-electron chi connectivity index (χ0n) is 24.8. The van der Waals surface area contributed by atoms with Gasteiger partial charge < -0.3 is 10.1 Å². The minimum absolute atomic E-state index is 0.0461. The molecular weight excluding hydrogens is 557 g/mol. The third kappa shape index (κ3) is 9.36. The molecule has 1 N–H and O–H groups in total. The molecule has 1 saturated carbocycles. The van der Waals surface area contributed by atoms with E-state index in [2.05, 4.69) is 24.5 Å². The number of rotatable bonds is 17. The molecule has 0 radical (unpaired) electrons. The Hall–Kier alpha value is -3.30. The van der Waals surface area contributed by atoms with Crippen LogP contribution in [0.15, 0.2) is 55.6 Å². The predicted octanol–water partition coefficient (Wildman–Crippen LogP) is 6.61. The van der Waals surface area contributed by atoms with E-state index >= 15 is 4.39 Å². The molecule has 0 saturated heterocycles. The van der Waals surface area contributed by atoms with Crippen LogP contribution in [0.3, 0.4) is 0 Å². The van der Waals surface area contributed by atoms with Crippen LogP contribution in [0.25, 0.3) is 11.1 Å². The number of halogens is 1. The highest BCUT2D eigenvalue weighted by atomic mass is 32.2. The van der Waals surface area contributed by atoms with E-state index in [9.17, 15) is 18.0 Å². The van der Waals surface area contributed by atoms with E-state index in [1.54, 1.807) is 13.0 Å². The van der Waals surface area contributed by atoms with Crippen molar-refractivity contribution in [3.63, 3.8) is 0 Å². The average Bonchev–Trinajstić information content (AvgIpc) is 3.76. The van der Waals surface area contributed by atoms with E-state index in [0.29, 0.717) is 5.56 Å². The number of amides is 1. The van der Waals surface area contributed by atoms with Crippen LogP contribution in [0.4, 0.5) is 4.39 Å². The maximum Gasteiger partial charge on any atom is 0.308 e. The average molecular weight is 600 g/mol. The summed E-state index contributed by atoms with van der Waals surface area (Å²) in [7, 11) is -3.98. The first-order valence-electron chi connectivity index (χ1n) is 14.5. The molecule has 3 rings (SSSR count). The van der Waals surface area contributed by atoms with Crippen molar-refractivity contribution in [1.29, 1.82) is 0 Å². The maximum absolute atomic E-state index is 16.2. The van der Waals surface area contributed by atoms with Crippen LogP contribution >= 0.6 is 0 Å². The lowest BCUT2D eigenvalue weighted by molar-refractivity contribution is -0.144. The molecule has 2 atom stereocenters. The van der Waals surface area contributed by atoms with Gasteiger partial charge in [-0.2, -0.15) is 8.42 Å². The van der Waals surface area contributed by atoms with E-state index in [-0.39, 0.29) is 30.9 Å². The van der Waals surface area contributed by atoms with Crippen LogP contribution in [0.1, 0.15) is 86.1 Å². The summed E-state index contributed by atoms with van der Waals surface area (Å²) in [6.45, 7) is 11.2. The van der Waals surface area contributed by atoms with Crippen molar-refractivity contribution in [2.45, 2.75) is 83.3 Å². The quantitative estimate of drug-likeness (QED) is 0.0951. The summed E-state index contributed by atoms with van der Waals surface area (Å²) in [5.74, 6) is -1.86. The van der Waals surface area contributed by atoms with Gasteiger partial charge >= 0.3 is 5.97 Å². The number of ether oxygens (including phenoxy) is 1. The van der Waals surface area contributed by atoms with Crippen molar-refractivity contribution in [1.82, 2.24) is 5.32 Å². The molecule has 0 bridgehead atoms. The second-order valence-corrected chi connectivity index (χ2v) is 12.4. The molecule has 1 amide bonds. The van der Waals surface area contributed by atoms with Crippen LogP contribution in [0.5, 0.6) is 0 Å². The number of benzene rings is 2. The van der Waals surface area contributed by atoms with Crippen molar-refractivity contribution in [2.24, 2.45) is 0 Å². The number of nitrogens with one attached hydrogen (secondary N) is 1. The van der Waals surface area contributed by atoms with Crippen molar-refractivity contribution in [2.75, 3.05) is 12.9 Å². The van der Waals surface area contributed by atoms with Crippen LogP contribution in [0, 0.1) is 12.7 Å². The third-order valence-corrected chi connectivity index (χ3v) is 7.81. The van der Waals surface area contributed by atoms with E-state index in [0.717, 1.165) is 67.0 Å². The molecule has 1 aliphatic carbocycles. The molecule has 7 nitrogen and oxygen atoms in total. The molecule has 0 aliphatic heterocycles. The molecule has 228 valence electrons. The Bertz CT molecular complexity index is 1400. The summed E-state index contributed by atoms with van der Waals surface area (Å²) in [6.07, 6.45) is 7.69. The zero-order chi connectivity index (χ0) is 30.9. The Morgan fingerprint density at radius 2 is 1.90 bits per heavy atom. The van der Waals surface area contributed by atoms with Crippen molar-refractivity contribution < 1.29 is 31.3 Å². The van der Waals surface area contributed by atoms with Gasteiger partial charge in [-0.25, -0.2) is 4.39 Å². The lowest BCUT2D eigenvalue weighted by atomic mass is 9.87. The fourth-order valence-corrected chi connectivity index (χ4v) is 5.74. The van der Waals surface area contributed by atoms with Gasteiger partial charge in [-0.1, -0.05) is 30.4 Å². The van der Waals surface area contributed by atoms with Crippen molar-refractivity contribution >= 4 is 22.0 Å². The largest absolute Gasteiger partial charge is 0.466 e. The summed E-state index contributed by atoms with van der Waals surface area (Å²) in [5.41, 5.74) is 4.68. The fourth-order valence-electron chi connectivity index (χ4n) is 5.16. The molecule has 0 unspecified atom stereocenters. The highest BCUT2D eigenvalue weighted by Gasteiger charge is 2.33. The summed E-state index contributed by atoms with van der Waals surface area (Å²) in [5, 5.41) is 2.69. The molecule has 9 heteroatoms. The number of unbranched alkanes of at least 4 members (excludes halogenated alkanes) is 2. The molecule has 2 aromatic carbocycles. The van der Waals surface area contributed by atoms with Gasteiger partial charge in [0.15, 0.2) is 6.10 Å². The fraction of sp³-hybridized carbons (Fsp3) is 0.455. The number of aryl methyl sites for hydroxylation is 2. The first-order chi connectivity index (χ1) is 20.0. The monoisotopic (exact) mass is 599 g/mol. The third-order valence-electron chi connectivity index (χ3n) is 7.23. The second kappa shape index (κ2) is 15.3. The topological polar surface area (TPSA) is 98.8 Å². The van der Waals surface area contributed by atoms with E-state index in [1.807, 2.05) is 31.2 Å². The smallest absolute Gasteiger partial charge is 0.308 e. The Kier molecular flexibility index (Phi) is 12.1. The molecule has 1 fully saturated rings. The van der Waals surface area contributed by atoms with Gasteiger partial charge in [0.2, 0.25) is 0 Å². The Morgan fingerprint density at radius 3 is 2.52 bits per heavy atom. The summed E-state index contributed by atoms with van der Waals surface area (Å²) in [4.78, 5) is 25.9. The summed E-state index contributed by atoms with van der Waals surface area (Å²) < 4.78 is 50.0. The maximum atomic E-state index is 16.2. The van der Waals surface area contributed by atoms with E-state index < -0.39 is 40.0 Å². The molecule has 0 aromatic heterocycles. The van der Waals surface area contributed by atoms with Crippen LogP contribution < -0.4 is 5.32 Å². The van der Waals surface area contributed by atoms with Crippen molar-refractivity contribution in [3.8, 4) is 11.1 Å². The van der Waals surface area contributed by atoms with Gasteiger partial charge in [0.05, 0.1) is 25.3 Å². The SMILES string of the molecule is C=CCCCCc1cccc(C)c1-c1cc(C2CC2)c(F)c([C@H](CC(=O)OCC)NC(=O)[C@@H](CC=C)OS(C)(=O)=O)c1. The van der Waals surface area contributed by atoms with E-state index in [4.69, 9.17) is 8.92 Å². The van der Waals surface area contributed by atoms with Crippen LogP contribution in [-0.4, -0.2) is 39.3 Å². The van der Waals surface area contributed by atoms with Gasteiger partial charge in [0, 0.05) is 12.0 Å². The summed E-state index contributed by atoms with van der Waals surface area (Å²) >= 11 is 0. The van der Waals surface area contributed by atoms with Gasteiger partial charge in [-0.15, -0.1) is 13.2 Å². The van der Waals surface area contributed by atoms with Gasteiger partial charge in [-0.05, 0) is 98.2 Å². The van der Waals surface area contributed by atoms with Crippen LogP contribution in [-0.2, 0) is 35.0 Å². The van der Waals surface area contributed by atoms with Crippen LogP contribution in [0.2, 0.25) is 0 Å². The van der Waals surface area contributed by atoms with Gasteiger partial charge in [0.25, 0.3) is 16.0 Å². The Balaban J connectivity index is 2.11. The number of allylic oxidation sites excluding steroid dienone is 1. The molecular formula is C33H42FNO6S. The second-order valence-electron chi connectivity index (χ2n) is 10.8. The van der Waals surface area contributed by atoms with E-state index in [1.165, 1.54) is 6.08 Å². The first kappa shape index (κ1) is 33.2. The Morgan fingerprint density at radius 1 is 1.17 bits per heavy atom. The molecule has 42 heavy (non-hydrogen) atoms.